The van der Waals surface area contributed by atoms with Gasteiger partial charge in [0.05, 0.1) is 0 Å². The molecule has 1 heterocycles. The minimum Gasteiger partial charge on any atom is -0.454 e. The average molecular weight is 396 g/mol. The Morgan fingerprint density at radius 3 is 2.55 bits per heavy atom. The highest BCUT2D eigenvalue weighted by molar-refractivity contribution is 5.79. The lowest BCUT2D eigenvalue weighted by atomic mass is 10.1. The standard InChI is InChI=1S/C23H28N2O4/c1-17(10-11-18-6-3-2-4-7-18)25-23(27)9-5-8-22(26)24-15-19-12-13-20-21(14-19)29-16-28-20/h2-4,6-7,12-14,17H,5,8-11,15-16H2,1H3,(H,24,26)(H,25,27)/t17-/m1/s1. The maximum Gasteiger partial charge on any atom is 0.231 e. The van der Waals surface area contributed by atoms with Gasteiger partial charge in [-0.25, -0.2) is 0 Å². The third kappa shape index (κ3) is 6.82. The first-order valence-corrected chi connectivity index (χ1v) is 10.1. The van der Waals surface area contributed by atoms with Gasteiger partial charge >= 0.3 is 0 Å². The van der Waals surface area contributed by atoms with Crippen LogP contribution in [0.3, 0.4) is 0 Å². The van der Waals surface area contributed by atoms with Crippen LogP contribution in [0.25, 0.3) is 0 Å². The molecule has 0 bridgehead atoms. The molecule has 0 saturated carbocycles. The summed E-state index contributed by atoms with van der Waals surface area (Å²) in [5.74, 6) is 1.36. The summed E-state index contributed by atoms with van der Waals surface area (Å²) in [4.78, 5) is 24.1. The number of nitrogens with one attached hydrogen (secondary N) is 2. The first-order chi connectivity index (χ1) is 14.1. The predicted octanol–water partition coefficient (Wildman–Crippen LogP) is 3.34. The van der Waals surface area contributed by atoms with Gasteiger partial charge in [0.2, 0.25) is 18.6 Å². The van der Waals surface area contributed by atoms with Gasteiger partial charge in [-0.05, 0) is 49.4 Å². The van der Waals surface area contributed by atoms with Crippen molar-refractivity contribution in [3.05, 3.63) is 59.7 Å². The van der Waals surface area contributed by atoms with Gasteiger partial charge in [0.1, 0.15) is 0 Å². The molecular weight excluding hydrogens is 368 g/mol. The van der Waals surface area contributed by atoms with E-state index < -0.39 is 0 Å². The van der Waals surface area contributed by atoms with Crippen molar-refractivity contribution in [1.29, 1.82) is 0 Å². The Kier molecular flexibility index (Phi) is 7.50. The zero-order valence-electron chi connectivity index (χ0n) is 16.8. The Hall–Kier alpha value is -3.02. The summed E-state index contributed by atoms with van der Waals surface area (Å²) in [7, 11) is 0. The third-order valence-electron chi connectivity index (χ3n) is 4.85. The van der Waals surface area contributed by atoms with Crippen molar-refractivity contribution in [3.8, 4) is 11.5 Å². The molecule has 0 unspecified atom stereocenters. The lowest BCUT2D eigenvalue weighted by Crippen LogP contribution is -2.33. The summed E-state index contributed by atoms with van der Waals surface area (Å²) < 4.78 is 10.6. The Morgan fingerprint density at radius 2 is 1.72 bits per heavy atom. The fraction of sp³-hybridized carbons (Fsp3) is 0.391. The van der Waals surface area contributed by atoms with Gasteiger partial charge in [0, 0.05) is 25.4 Å². The SMILES string of the molecule is C[C@H](CCc1ccccc1)NC(=O)CCCC(=O)NCc1ccc2c(c1)OCO2. The van der Waals surface area contributed by atoms with E-state index >= 15 is 0 Å². The second-order valence-corrected chi connectivity index (χ2v) is 7.31. The van der Waals surface area contributed by atoms with E-state index in [-0.39, 0.29) is 24.6 Å². The van der Waals surface area contributed by atoms with Crippen LogP contribution in [0, 0.1) is 0 Å². The zero-order chi connectivity index (χ0) is 20.5. The number of carbonyl (C=O) groups excluding carboxylic acids is 2. The van der Waals surface area contributed by atoms with Crippen molar-refractivity contribution in [2.75, 3.05) is 6.79 Å². The molecule has 6 nitrogen and oxygen atoms in total. The number of hydrogen-bond acceptors (Lipinski definition) is 4. The van der Waals surface area contributed by atoms with Gasteiger partial charge in [0.25, 0.3) is 0 Å². The Bertz CT molecular complexity index is 823. The normalized spacial score (nSPS) is 13.0. The van der Waals surface area contributed by atoms with E-state index in [4.69, 9.17) is 9.47 Å². The Labute approximate surface area is 171 Å². The number of fused-ring (bicyclic) bond motifs is 1. The van der Waals surface area contributed by atoms with Crippen molar-refractivity contribution in [2.24, 2.45) is 0 Å². The molecular formula is C23H28N2O4. The molecule has 2 amide bonds. The van der Waals surface area contributed by atoms with Crippen LogP contribution in [0.1, 0.15) is 43.7 Å². The minimum absolute atomic E-state index is 0.00543. The van der Waals surface area contributed by atoms with E-state index in [9.17, 15) is 9.59 Å². The lowest BCUT2D eigenvalue weighted by molar-refractivity contribution is -0.122. The summed E-state index contributed by atoms with van der Waals surface area (Å²) in [5, 5.41) is 5.89. The summed E-state index contributed by atoms with van der Waals surface area (Å²) in [6.45, 7) is 2.68. The van der Waals surface area contributed by atoms with Gasteiger partial charge in [-0.15, -0.1) is 0 Å². The molecule has 1 atom stereocenters. The number of carbonyl (C=O) groups is 2. The molecule has 0 spiro atoms. The lowest BCUT2D eigenvalue weighted by Gasteiger charge is -2.14. The third-order valence-corrected chi connectivity index (χ3v) is 4.85. The van der Waals surface area contributed by atoms with Crippen LogP contribution in [0.15, 0.2) is 48.5 Å². The molecule has 0 saturated heterocycles. The molecule has 3 rings (SSSR count). The van der Waals surface area contributed by atoms with Gasteiger partial charge in [-0.3, -0.25) is 9.59 Å². The average Bonchev–Trinajstić information content (AvgIpc) is 3.19. The van der Waals surface area contributed by atoms with Crippen molar-refractivity contribution < 1.29 is 19.1 Å². The molecule has 29 heavy (non-hydrogen) atoms. The Morgan fingerprint density at radius 1 is 0.966 bits per heavy atom. The second kappa shape index (κ2) is 10.5. The smallest absolute Gasteiger partial charge is 0.231 e. The molecule has 0 fully saturated rings. The fourth-order valence-corrected chi connectivity index (χ4v) is 3.20. The van der Waals surface area contributed by atoms with Crippen LogP contribution in [0.4, 0.5) is 0 Å². The fourth-order valence-electron chi connectivity index (χ4n) is 3.20. The number of ether oxygens (including phenoxy) is 2. The molecule has 2 N–H and O–H groups in total. The van der Waals surface area contributed by atoms with Crippen LogP contribution in [-0.4, -0.2) is 24.6 Å². The molecule has 1 aliphatic heterocycles. The minimum atomic E-state index is -0.0624. The van der Waals surface area contributed by atoms with E-state index in [1.165, 1.54) is 5.56 Å². The molecule has 0 radical (unpaired) electrons. The largest absolute Gasteiger partial charge is 0.454 e. The van der Waals surface area contributed by atoms with E-state index in [0.29, 0.717) is 31.6 Å². The van der Waals surface area contributed by atoms with E-state index in [0.717, 1.165) is 24.2 Å². The molecule has 1 aliphatic rings. The maximum atomic E-state index is 12.1. The highest BCUT2D eigenvalue weighted by Gasteiger charge is 2.13. The number of amides is 2. The summed E-state index contributed by atoms with van der Waals surface area (Å²) in [5.41, 5.74) is 2.22. The highest BCUT2D eigenvalue weighted by atomic mass is 16.7. The molecule has 2 aromatic carbocycles. The van der Waals surface area contributed by atoms with Crippen molar-refractivity contribution in [3.63, 3.8) is 0 Å². The second-order valence-electron chi connectivity index (χ2n) is 7.31. The summed E-state index contributed by atoms with van der Waals surface area (Å²) >= 11 is 0. The number of hydrogen-bond donors (Lipinski definition) is 2. The zero-order valence-corrected chi connectivity index (χ0v) is 16.8. The number of rotatable bonds is 10. The molecule has 0 aromatic heterocycles. The van der Waals surface area contributed by atoms with Gasteiger partial charge in [-0.1, -0.05) is 36.4 Å². The van der Waals surface area contributed by atoms with E-state index in [2.05, 4.69) is 22.8 Å². The van der Waals surface area contributed by atoms with Crippen LogP contribution < -0.4 is 20.1 Å². The van der Waals surface area contributed by atoms with Crippen LogP contribution >= 0.6 is 0 Å². The number of benzene rings is 2. The molecule has 154 valence electrons. The van der Waals surface area contributed by atoms with Crippen molar-refractivity contribution in [1.82, 2.24) is 10.6 Å². The highest BCUT2D eigenvalue weighted by Crippen LogP contribution is 2.32. The van der Waals surface area contributed by atoms with E-state index in [1.807, 2.05) is 43.3 Å². The van der Waals surface area contributed by atoms with Gasteiger partial charge in [-0.2, -0.15) is 0 Å². The Balaban J connectivity index is 1.28. The van der Waals surface area contributed by atoms with Gasteiger partial charge in [0.15, 0.2) is 11.5 Å². The predicted molar refractivity (Wildman–Crippen MR) is 111 cm³/mol. The van der Waals surface area contributed by atoms with Crippen LogP contribution in [0.2, 0.25) is 0 Å². The first-order valence-electron chi connectivity index (χ1n) is 10.1. The molecule has 6 heteroatoms. The van der Waals surface area contributed by atoms with Crippen LogP contribution in [-0.2, 0) is 22.6 Å². The topological polar surface area (TPSA) is 76.7 Å². The summed E-state index contributed by atoms with van der Waals surface area (Å²) in [6.07, 6.45) is 3.05. The first kappa shape index (κ1) is 20.7. The maximum absolute atomic E-state index is 12.1. The molecule has 2 aromatic rings. The van der Waals surface area contributed by atoms with E-state index in [1.54, 1.807) is 0 Å². The quantitative estimate of drug-likeness (QED) is 0.646. The monoisotopic (exact) mass is 396 g/mol. The molecule has 0 aliphatic carbocycles. The van der Waals surface area contributed by atoms with Crippen LogP contribution in [0.5, 0.6) is 11.5 Å². The van der Waals surface area contributed by atoms with Gasteiger partial charge < -0.3 is 20.1 Å². The number of aryl methyl sites for hydroxylation is 1. The summed E-state index contributed by atoms with van der Waals surface area (Å²) in [6, 6.07) is 16.0. The van der Waals surface area contributed by atoms with Crippen molar-refractivity contribution in [2.45, 2.75) is 51.6 Å². The van der Waals surface area contributed by atoms with Crippen molar-refractivity contribution >= 4 is 11.8 Å².